The molecule has 15 nitrogen and oxygen atoms in total. The van der Waals surface area contributed by atoms with E-state index in [0.717, 1.165) is 86.4 Å². The summed E-state index contributed by atoms with van der Waals surface area (Å²) in [5, 5.41) is 76.0. The summed E-state index contributed by atoms with van der Waals surface area (Å²) in [5.74, 6) is 6.06. The van der Waals surface area contributed by atoms with Gasteiger partial charge in [0, 0.05) is 100 Å². The lowest BCUT2D eigenvalue weighted by atomic mass is 9.71. The lowest BCUT2D eigenvalue weighted by Crippen LogP contribution is -2.43. The van der Waals surface area contributed by atoms with Gasteiger partial charge >= 0.3 is 0 Å². The SMILES string of the molecule is CC=C1N=C2N=C3N=C4N=C5N=C6N=C7N=C(CC)C(CC)CC7CC6CC5CC4CC3CC2CC1CC.CCCC(C#N)CC(C#N)CC(C#N)CC(C#N)CC(C#N)CC(C#N)CC(C#N)CC(C#N)CC. The van der Waals surface area contributed by atoms with E-state index in [-0.39, 0.29) is 43.9 Å². The summed E-state index contributed by atoms with van der Waals surface area (Å²) < 4.78 is 0. The minimum Gasteiger partial charge on any atom is -0.242 e. The number of aliphatic imine (C=N–C) groups is 7. The quantitative estimate of drug-likeness (QED) is 0.113. The van der Waals surface area contributed by atoms with Crippen LogP contribution in [0.1, 0.15) is 170 Å². The Hall–Kier alpha value is -6.65. The lowest BCUT2D eigenvalue weighted by molar-refractivity contribution is 0.331. The van der Waals surface area contributed by atoms with Gasteiger partial charge in [-0.1, -0.05) is 47.1 Å². The van der Waals surface area contributed by atoms with Gasteiger partial charge in [0.15, 0.2) is 0 Å². The maximum absolute atomic E-state index is 9.67. The highest BCUT2D eigenvalue weighted by atomic mass is 15.1. The fraction of sp³-hybridized carbons (Fsp3) is 0.712. The molecule has 16 atom stereocenters. The molecule has 0 spiro atoms. The van der Waals surface area contributed by atoms with Crippen LogP contribution < -0.4 is 0 Å². The number of fused-ring (bicyclic) bond motifs is 6. The molecule has 0 aliphatic carbocycles. The molecule has 74 heavy (non-hydrogen) atoms. The van der Waals surface area contributed by atoms with E-state index < -0.39 is 35.5 Å². The summed E-state index contributed by atoms with van der Waals surface area (Å²) in [6.07, 6.45) is 17.7. The third-order valence-corrected chi connectivity index (χ3v) is 16.9. The minimum absolute atomic E-state index is 0.199. The summed E-state index contributed by atoms with van der Waals surface area (Å²) in [7, 11) is 0. The third kappa shape index (κ3) is 14.1. The largest absolute Gasteiger partial charge is 0.242 e. The van der Waals surface area contributed by atoms with E-state index in [4.69, 9.17) is 40.2 Å². The Morgan fingerprint density at radius 3 is 0.986 bits per heavy atom. The monoisotopic (exact) mass is 994 g/mol. The number of rotatable bonds is 20. The minimum atomic E-state index is -0.588. The molecule has 386 valence electrons. The molecule has 0 fully saturated rings. The number of hydrogen-bond donors (Lipinski definition) is 0. The highest BCUT2D eigenvalue weighted by Crippen LogP contribution is 2.45. The maximum Gasteiger partial charge on any atom is 0.135 e. The molecule has 7 heterocycles. The predicted octanol–water partition coefficient (Wildman–Crippen LogP) is 12.8. The number of hydrogen-bond acceptors (Lipinski definition) is 15. The summed E-state index contributed by atoms with van der Waals surface area (Å²) in [6, 6.07) is 17.4. The second kappa shape index (κ2) is 27.6. The Morgan fingerprint density at radius 1 is 0.392 bits per heavy atom. The van der Waals surface area contributed by atoms with E-state index in [0.29, 0.717) is 73.0 Å². The van der Waals surface area contributed by atoms with Gasteiger partial charge in [-0.05, 0) is 135 Å². The van der Waals surface area contributed by atoms with Crippen LogP contribution in [0.25, 0.3) is 0 Å². The lowest BCUT2D eigenvalue weighted by Gasteiger charge is -2.41. The van der Waals surface area contributed by atoms with Crippen LogP contribution in [0.4, 0.5) is 0 Å². The van der Waals surface area contributed by atoms with Crippen LogP contribution in [-0.2, 0) is 0 Å². The maximum atomic E-state index is 9.67. The van der Waals surface area contributed by atoms with Crippen LogP contribution in [-0.4, -0.2) is 40.7 Å². The molecular weight excluding hydrogens is 919 g/mol. The van der Waals surface area contributed by atoms with Gasteiger partial charge in [-0.2, -0.15) is 42.1 Å². The molecule has 0 saturated heterocycles. The summed E-state index contributed by atoms with van der Waals surface area (Å²) in [5.41, 5.74) is 2.52. The Labute approximate surface area is 441 Å². The predicted molar refractivity (Wildman–Crippen MR) is 287 cm³/mol. The Balaban J connectivity index is 0.000000242. The van der Waals surface area contributed by atoms with Gasteiger partial charge in [-0.15, -0.1) is 0 Å². The normalized spacial score (nSPS) is 28.8. The molecule has 0 aromatic carbocycles. The number of amidine groups is 6. The van der Waals surface area contributed by atoms with Crippen molar-refractivity contribution >= 4 is 40.7 Å². The standard InChI is InChI=1S/C31H41N7.C28H34N8/c1-5-16-9-18-11-20-13-22-15-23-14-21-12-19-10-17(6-2)25(8-4)33-27(19)35-29(21)37-31(23)38-30(22)36-28(20)34-26(18)32-24(16)7-3;1-3-5-22(14-30)7-24(16-32)9-26(18-34)11-28(20-36)12-27(19-35)10-25(17-33)8-23(15-31)6-21(4-2)13-29/h7,16-23H,5-6,8-15H2,1-4H3;21-28H,3-12H2,1-2H3. The first-order valence-corrected chi connectivity index (χ1v) is 27.9. The molecule has 0 N–H and O–H groups in total. The first kappa shape index (κ1) is 56.6. The fourth-order valence-corrected chi connectivity index (χ4v) is 12.8. The zero-order chi connectivity index (χ0) is 53.3. The fourth-order valence-electron chi connectivity index (χ4n) is 12.8. The van der Waals surface area contributed by atoms with Crippen molar-refractivity contribution in [1.82, 2.24) is 0 Å². The van der Waals surface area contributed by atoms with E-state index in [9.17, 15) is 36.8 Å². The third-order valence-electron chi connectivity index (χ3n) is 16.9. The Bertz CT molecular complexity index is 2630. The highest BCUT2D eigenvalue weighted by Gasteiger charge is 2.45. The van der Waals surface area contributed by atoms with Crippen LogP contribution in [0.5, 0.6) is 0 Å². The smallest absolute Gasteiger partial charge is 0.135 e. The summed E-state index contributed by atoms with van der Waals surface area (Å²) >= 11 is 0. The summed E-state index contributed by atoms with van der Waals surface area (Å²) in [6.45, 7) is 12.7. The van der Waals surface area contributed by atoms with Crippen molar-refractivity contribution in [3.05, 3.63) is 11.8 Å². The number of nitriles is 8. The van der Waals surface area contributed by atoms with Crippen LogP contribution in [0, 0.1) is 185 Å². The van der Waals surface area contributed by atoms with E-state index in [1.807, 2.05) is 13.8 Å². The second-order valence-electron chi connectivity index (χ2n) is 22.0. The first-order chi connectivity index (χ1) is 35.9. The van der Waals surface area contributed by atoms with Gasteiger partial charge in [-0.25, -0.2) is 34.9 Å². The molecule has 7 aliphatic rings. The molecule has 0 radical (unpaired) electrons. The van der Waals surface area contributed by atoms with Gasteiger partial charge in [0.2, 0.25) is 0 Å². The summed E-state index contributed by atoms with van der Waals surface area (Å²) in [4.78, 5) is 35.3. The molecule has 15 heteroatoms. The van der Waals surface area contributed by atoms with Crippen molar-refractivity contribution in [2.24, 2.45) is 130 Å². The number of allylic oxidation sites excluding steroid dienone is 2. The van der Waals surface area contributed by atoms with E-state index in [1.165, 1.54) is 30.7 Å². The molecule has 0 aromatic heterocycles. The van der Waals surface area contributed by atoms with E-state index in [2.05, 4.69) is 82.3 Å². The van der Waals surface area contributed by atoms with Crippen LogP contribution in [0.2, 0.25) is 0 Å². The molecule has 0 amide bonds. The second-order valence-corrected chi connectivity index (χ2v) is 22.0. The van der Waals surface area contributed by atoms with Crippen LogP contribution in [0.15, 0.2) is 46.7 Å². The van der Waals surface area contributed by atoms with Crippen molar-refractivity contribution in [2.45, 2.75) is 170 Å². The molecule has 16 unspecified atom stereocenters. The Morgan fingerprint density at radius 2 is 0.689 bits per heavy atom. The average molecular weight is 994 g/mol. The van der Waals surface area contributed by atoms with Crippen molar-refractivity contribution in [3.63, 3.8) is 0 Å². The zero-order valence-electron chi connectivity index (χ0n) is 44.7. The van der Waals surface area contributed by atoms with Crippen molar-refractivity contribution in [3.8, 4) is 48.6 Å². The van der Waals surface area contributed by atoms with Crippen molar-refractivity contribution in [1.29, 1.82) is 42.1 Å². The molecule has 7 aliphatic heterocycles. The van der Waals surface area contributed by atoms with E-state index in [1.54, 1.807) is 0 Å². The van der Waals surface area contributed by atoms with Gasteiger partial charge in [0.1, 0.15) is 35.0 Å². The number of nitrogens with zero attached hydrogens (tertiary/aromatic N) is 15. The highest BCUT2D eigenvalue weighted by molar-refractivity contribution is 6.16. The zero-order valence-corrected chi connectivity index (χ0v) is 44.7. The van der Waals surface area contributed by atoms with E-state index >= 15 is 0 Å². The first-order valence-electron chi connectivity index (χ1n) is 27.9. The van der Waals surface area contributed by atoms with Gasteiger partial charge in [0.25, 0.3) is 0 Å². The topological polar surface area (TPSA) is 277 Å². The van der Waals surface area contributed by atoms with Crippen molar-refractivity contribution in [2.75, 3.05) is 0 Å². The molecular formula is C59H75N15. The molecule has 7 rings (SSSR count). The molecule has 0 bridgehead atoms. The van der Waals surface area contributed by atoms with Gasteiger partial charge in [0.05, 0.1) is 48.6 Å². The van der Waals surface area contributed by atoms with Gasteiger partial charge in [-0.3, -0.25) is 0 Å². The van der Waals surface area contributed by atoms with Gasteiger partial charge < -0.3 is 0 Å². The average Bonchev–Trinajstić information content (AvgIpc) is 3.43. The molecule has 0 saturated carbocycles. The van der Waals surface area contributed by atoms with Crippen LogP contribution in [0.3, 0.4) is 0 Å². The van der Waals surface area contributed by atoms with Crippen molar-refractivity contribution < 1.29 is 0 Å². The molecule has 0 aromatic rings. The van der Waals surface area contributed by atoms with Crippen LogP contribution >= 0.6 is 0 Å². The Kier molecular flexibility index (Phi) is 21.1.